The predicted molar refractivity (Wildman–Crippen MR) is 83.5 cm³/mol. The molecule has 0 saturated carbocycles. The standard InChI is InChI=1S/C16H24N4O/c1-12-6-3-4-9-20(12)13-10-19(11-13)16(21)14-7-5-8-18-15(14)17-2/h5,7-8,12-13H,3-4,6,9-11H2,1-2H3,(H,17,18)/t12-/m0/s1. The Hall–Kier alpha value is -1.62. The van der Waals surface area contributed by atoms with Crippen molar-refractivity contribution in [2.45, 2.75) is 38.3 Å². The molecule has 0 bridgehead atoms. The van der Waals surface area contributed by atoms with Gasteiger partial charge in [-0.05, 0) is 38.4 Å². The van der Waals surface area contributed by atoms with Gasteiger partial charge < -0.3 is 10.2 Å². The zero-order valence-corrected chi connectivity index (χ0v) is 12.9. The average molecular weight is 288 g/mol. The number of likely N-dealkylation sites (tertiary alicyclic amines) is 2. The Morgan fingerprint density at radius 3 is 2.90 bits per heavy atom. The summed E-state index contributed by atoms with van der Waals surface area (Å²) in [5, 5.41) is 2.99. The van der Waals surface area contributed by atoms with Gasteiger partial charge >= 0.3 is 0 Å². The Kier molecular flexibility index (Phi) is 4.10. The third-order valence-electron chi connectivity index (χ3n) is 4.75. The molecule has 0 radical (unpaired) electrons. The van der Waals surface area contributed by atoms with Crippen molar-refractivity contribution in [2.75, 3.05) is 32.0 Å². The largest absolute Gasteiger partial charge is 0.372 e. The minimum Gasteiger partial charge on any atom is -0.372 e. The van der Waals surface area contributed by atoms with Gasteiger partial charge in [-0.1, -0.05) is 6.42 Å². The minimum atomic E-state index is 0.0911. The molecule has 2 saturated heterocycles. The summed E-state index contributed by atoms with van der Waals surface area (Å²) >= 11 is 0. The lowest BCUT2D eigenvalue weighted by molar-refractivity contribution is 0.00216. The van der Waals surface area contributed by atoms with Crippen LogP contribution in [0, 0.1) is 0 Å². The van der Waals surface area contributed by atoms with E-state index in [1.807, 2.05) is 17.0 Å². The van der Waals surface area contributed by atoms with Crippen LogP contribution in [0.25, 0.3) is 0 Å². The van der Waals surface area contributed by atoms with E-state index in [1.54, 1.807) is 13.2 Å². The molecule has 1 amide bonds. The SMILES string of the molecule is CNc1ncccc1C(=O)N1CC(N2CCCC[C@@H]2C)C1. The van der Waals surface area contributed by atoms with Gasteiger partial charge in [0.05, 0.1) is 5.56 Å². The van der Waals surface area contributed by atoms with Crippen LogP contribution >= 0.6 is 0 Å². The van der Waals surface area contributed by atoms with Gasteiger partial charge in [0.1, 0.15) is 5.82 Å². The molecule has 1 aromatic rings. The fourth-order valence-electron chi connectivity index (χ4n) is 3.44. The normalized spacial score (nSPS) is 23.7. The molecule has 2 fully saturated rings. The molecule has 3 heterocycles. The number of anilines is 1. The molecule has 114 valence electrons. The number of rotatable bonds is 3. The van der Waals surface area contributed by atoms with E-state index in [4.69, 9.17) is 0 Å². The van der Waals surface area contributed by atoms with Gasteiger partial charge in [0.2, 0.25) is 0 Å². The molecule has 0 spiro atoms. The average Bonchev–Trinajstić information content (AvgIpc) is 2.47. The third kappa shape index (κ3) is 2.75. The van der Waals surface area contributed by atoms with Gasteiger partial charge in [-0.25, -0.2) is 4.98 Å². The molecule has 1 aromatic heterocycles. The van der Waals surface area contributed by atoms with Crippen LogP contribution in [-0.4, -0.2) is 59.5 Å². The van der Waals surface area contributed by atoms with E-state index in [0.717, 1.165) is 13.1 Å². The van der Waals surface area contributed by atoms with E-state index in [9.17, 15) is 4.79 Å². The first-order chi connectivity index (χ1) is 10.2. The van der Waals surface area contributed by atoms with Gasteiger partial charge in [-0.3, -0.25) is 9.69 Å². The maximum absolute atomic E-state index is 12.5. The maximum Gasteiger partial charge on any atom is 0.257 e. The summed E-state index contributed by atoms with van der Waals surface area (Å²) in [4.78, 5) is 21.3. The van der Waals surface area contributed by atoms with Gasteiger partial charge in [0.25, 0.3) is 5.91 Å². The predicted octanol–water partition coefficient (Wildman–Crippen LogP) is 1.82. The van der Waals surface area contributed by atoms with E-state index >= 15 is 0 Å². The number of hydrogen-bond donors (Lipinski definition) is 1. The first-order valence-corrected chi connectivity index (χ1v) is 7.88. The second-order valence-corrected chi connectivity index (χ2v) is 6.10. The molecule has 5 nitrogen and oxygen atoms in total. The molecule has 2 aliphatic heterocycles. The molecule has 3 rings (SSSR count). The monoisotopic (exact) mass is 288 g/mol. The third-order valence-corrected chi connectivity index (χ3v) is 4.75. The Balaban J connectivity index is 1.62. The Labute approximate surface area is 126 Å². The molecule has 0 aromatic carbocycles. The van der Waals surface area contributed by atoms with Crippen molar-refractivity contribution in [1.82, 2.24) is 14.8 Å². The summed E-state index contributed by atoms with van der Waals surface area (Å²) in [6, 6.07) is 4.86. The first-order valence-electron chi connectivity index (χ1n) is 7.88. The molecule has 21 heavy (non-hydrogen) atoms. The van der Waals surface area contributed by atoms with E-state index in [2.05, 4.69) is 22.1 Å². The second kappa shape index (κ2) is 6.02. The number of piperidine rings is 1. The highest BCUT2D eigenvalue weighted by atomic mass is 16.2. The fraction of sp³-hybridized carbons (Fsp3) is 0.625. The van der Waals surface area contributed by atoms with E-state index < -0.39 is 0 Å². The van der Waals surface area contributed by atoms with Crippen LogP contribution in [0.5, 0.6) is 0 Å². The summed E-state index contributed by atoms with van der Waals surface area (Å²) in [7, 11) is 1.80. The van der Waals surface area contributed by atoms with E-state index in [0.29, 0.717) is 23.5 Å². The highest BCUT2D eigenvalue weighted by Gasteiger charge is 2.38. The van der Waals surface area contributed by atoms with Crippen molar-refractivity contribution < 1.29 is 4.79 Å². The number of carbonyl (C=O) groups is 1. The molecule has 1 N–H and O–H groups in total. The Morgan fingerprint density at radius 1 is 1.38 bits per heavy atom. The topological polar surface area (TPSA) is 48.5 Å². The molecule has 2 aliphatic rings. The van der Waals surface area contributed by atoms with Crippen molar-refractivity contribution in [1.29, 1.82) is 0 Å². The van der Waals surface area contributed by atoms with E-state index in [-0.39, 0.29) is 5.91 Å². The molecule has 0 aliphatic carbocycles. The Morgan fingerprint density at radius 2 is 2.19 bits per heavy atom. The summed E-state index contributed by atoms with van der Waals surface area (Å²) in [5.74, 6) is 0.755. The van der Waals surface area contributed by atoms with Crippen LogP contribution in [0.3, 0.4) is 0 Å². The van der Waals surface area contributed by atoms with Crippen molar-refractivity contribution in [3.05, 3.63) is 23.9 Å². The van der Waals surface area contributed by atoms with Gasteiger partial charge in [0, 0.05) is 38.4 Å². The lowest BCUT2D eigenvalue weighted by atomic mass is 9.97. The quantitative estimate of drug-likeness (QED) is 0.922. The molecular weight excluding hydrogens is 264 g/mol. The van der Waals surface area contributed by atoms with Crippen LogP contribution in [0.4, 0.5) is 5.82 Å². The summed E-state index contributed by atoms with van der Waals surface area (Å²) in [6.07, 6.45) is 5.63. The van der Waals surface area contributed by atoms with Gasteiger partial charge in [0.15, 0.2) is 0 Å². The van der Waals surface area contributed by atoms with Crippen LogP contribution in [0.2, 0.25) is 0 Å². The van der Waals surface area contributed by atoms with Gasteiger partial charge in [-0.2, -0.15) is 0 Å². The van der Waals surface area contributed by atoms with Crippen LogP contribution in [0.1, 0.15) is 36.5 Å². The Bertz CT molecular complexity index is 513. The molecule has 1 atom stereocenters. The van der Waals surface area contributed by atoms with Gasteiger partial charge in [-0.15, -0.1) is 0 Å². The molecule has 0 unspecified atom stereocenters. The first kappa shape index (κ1) is 14.3. The van der Waals surface area contributed by atoms with Crippen LogP contribution < -0.4 is 5.32 Å². The fourth-order valence-corrected chi connectivity index (χ4v) is 3.44. The van der Waals surface area contributed by atoms with Crippen LogP contribution in [-0.2, 0) is 0 Å². The number of nitrogens with zero attached hydrogens (tertiary/aromatic N) is 3. The van der Waals surface area contributed by atoms with Crippen molar-refractivity contribution in [2.24, 2.45) is 0 Å². The summed E-state index contributed by atoms with van der Waals surface area (Å²) < 4.78 is 0. The number of hydrogen-bond acceptors (Lipinski definition) is 4. The smallest absolute Gasteiger partial charge is 0.257 e. The lowest BCUT2D eigenvalue weighted by Gasteiger charge is -2.49. The summed E-state index contributed by atoms with van der Waals surface area (Å²) in [6.45, 7) is 5.19. The number of aromatic nitrogens is 1. The number of nitrogens with one attached hydrogen (secondary N) is 1. The number of amides is 1. The second-order valence-electron chi connectivity index (χ2n) is 6.10. The van der Waals surface area contributed by atoms with Crippen molar-refractivity contribution in [3.63, 3.8) is 0 Å². The van der Waals surface area contributed by atoms with E-state index in [1.165, 1.54) is 25.8 Å². The minimum absolute atomic E-state index is 0.0911. The van der Waals surface area contributed by atoms with Crippen molar-refractivity contribution in [3.8, 4) is 0 Å². The van der Waals surface area contributed by atoms with Crippen LogP contribution in [0.15, 0.2) is 18.3 Å². The number of carbonyl (C=O) groups excluding carboxylic acids is 1. The zero-order valence-electron chi connectivity index (χ0n) is 12.9. The molecule has 5 heteroatoms. The number of pyridine rings is 1. The zero-order chi connectivity index (χ0) is 14.8. The molecular formula is C16H24N4O. The highest BCUT2D eigenvalue weighted by Crippen LogP contribution is 2.26. The lowest BCUT2D eigenvalue weighted by Crippen LogP contribution is -2.63. The highest BCUT2D eigenvalue weighted by molar-refractivity contribution is 5.99. The van der Waals surface area contributed by atoms with Crippen molar-refractivity contribution >= 4 is 11.7 Å². The summed E-state index contributed by atoms with van der Waals surface area (Å²) in [5.41, 5.74) is 0.671. The maximum atomic E-state index is 12.5.